The van der Waals surface area contributed by atoms with E-state index in [-0.39, 0.29) is 23.9 Å². The topological polar surface area (TPSA) is 92.9 Å². The number of carbonyl (C=O) groups is 1. The summed E-state index contributed by atoms with van der Waals surface area (Å²) in [7, 11) is 0. The van der Waals surface area contributed by atoms with Crippen molar-refractivity contribution in [2.45, 2.75) is 53.0 Å². The molecule has 6 heteroatoms. The molecule has 0 spiro atoms. The van der Waals surface area contributed by atoms with E-state index >= 15 is 0 Å². The zero-order chi connectivity index (χ0) is 15.5. The Balaban J connectivity index is 2.89. The molecule has 1 amide bonds. The van der Waals surface area contributed by atoms with Crippen LogP contribution < -0.4 is 16.4 Å². The fourth-order valence-corrected chi connectivity index (χ4v) is 1.58. The number of aromatic nitrogens is 2. The van der Waals surface area contributed by atoms with Crippen LogP contribution in [0.1, 0.15) is 46.0 Å². The Morgan fingerprint density at radius 3 is 2.40 bits per heavy atom. The maximum Gasteiger partial charge on any atom is 0.239 e. The molecule has 1 aromatic heterocycles. The van der Waals surface area contributed by atoms with Crippen molar-refractivity contribution >= 4 is 17.5 Å². The van der Waals surface area contributed by atoms with Gasteiger partial charge in [0.25, 0.3) is 0 Å². The van der Waals surface area contributed by atoms with E-state index in [4.69, 9.17) is 5.73 Å². The molecule has 1 heterocycles. The normalized spacial score (nSPS) is 11.6. The van der Waals surface area contributed by atoms with Crippen LogP contribution >= 0.6 is 0 Å². The second-order valence-electron chi connectivity index (χ2n) is 6.23. The molecular formula is C14H25N5O. The van der Waals surface area contributed by atoms with Gasteiger partial charge in [0.1, 0.15) is 17.5 Å². The molecule has 0 fully saturated rings. The first-order valence-electron chi connectivity index (χ1n) is 6.79. The number of rotatable bonds is 4. The molecule has 0 atom stereocenters. The van der Waals surface area contributed by atoms with Crippen LogP contribution in [0.3, 0.4) is 0 Å². The quantitative estimate of drug-likeness (QED) is 0.778. The Kier molecular flexibility index (Phi) is 4.92. The zero-order valence-electron chi connectivity index (χ0n) is 13.2. The van der Waals surface area contributed by atoms with Crippen LogP contribution in [0.25, 0.3) is 0 Å². The highest BCUT2D eigenvalue weighted by atomic mass is 16.1. The van der Waals surface area contributed by atoms with Crippen molar-refractivity contribution in [3.63, 3.8) is 0 Å². The highest BCUT2D eigenvalue weighted by Crippen LogP contribution is 2.24. The Morgan fingerprint density at radius 1 is 1.30 bits per heavy atom. The van der Waals surface area contributed by atoms with Crippen molar-refractivity contribution < 1.29 is 4.79 Å². The van der Waals surface area contributed by atoms with Gasteiger partial charge in [0.15, 0.2) is 0 Å². The van der Waals surface area contributed by atoms with Gasteiger partial charge in [0, 0.05) is 17.0 Å². The van der Waals surface area contributed by atoms with Crippen LogP contribution in [0.4, 0.5) is 11.6 Å². The van der Waals surface area contributed by atoms with Crippen LogP contribution in [-0.2, 0) is 10.2 Å². The summed E-state index contributed by atoms with van der Waals surface area (Å²) in [6.07, 6.45) is 0. The van der Waals surface area contributed by atoms with E-state index < -0.39 is 0 Å². The summed E-state index contributed by atoms with van der Waals surface area (Å²) in [5, 5.41) is 5.84. The van der Waals surface area contributed by atoms with Gasteiger partial charge in [-0.25, -0.2) is 9.97 Å². The van der Waals surface area contributed by atoms with Crippen molar-refractivity contribution in [1.29, 1.82) is 0 Å². The maximum absolute atomic E-state index is 11.7. The van der Waals surface area contributed by atoms with E-state index in [9.17, 15) is 4.79 Å². The minimum atomic E-state index is -0.196. The largest absolute Gasteiger partial charge is 0.383 e. The molecule has 20 heavy (non-hydrogen) atoms. The van der Waals surface area contributed by atoms with Gasteiger partial charge in [-0.2, -0.15) is 0 Å². The van der Waals surface area contributed by atoms with E-state index in [2.05, 4.69) is 20.6 Å². The Hall–Kier alpha value is -1.85. The van der Waals surface area contributed by atoms with Gasteiger partial charge in [-0.3, -0.25) is 4.79 Å². The molecule has 0 radical (unpaired) electrons. The molecular weight excluding hydrogens is 254 g/mol. The molecule has 6 nitrogen and oxygen atoms in total. The van der Waals surface area contributed by atoms with Crippen LogP contribution in [0, 0.1) is 6.92 Å². The standard InChI is InChI=1S/C14H25N5O/c1-8(2)17-10(20)7-16-12-9(3)11(15)18-13(19-12)14(4,5)6/h8H,7H2,1-6H3,(H,17,20)(H3,15,16,18,19). The van der Waals surface area contributed by atoms with Crippen molar-refractivity contribution in [2.24, 2.45) is 0 Å². The minimum Gasteiger partial charge on any atom is -0.383 e. The predicted octanol–water partition coefficient (Wildman–Crippen LogP) is 1.60. The summed E-state index contributed by atoms with van der Waals surface area (Å²) < 4.78 is 0. The fourth-order valence-electron chi connectivity index (χ4n) is 1.58. The molecule has 0 saturated heterocycles. The molecule has 0 aliphatic heterocycles. The van der Waals surface area contributed by atoms with E-state index in [1.54, 1.807) is 0 Å². The van der Waals surface area contributed by atoms with Crippen LogP contribution in [-0.4, -0.2) is 28.5 Å². The highest BCUT2D eigenvalue weighted by Gasteiger charge is 2.20. The van der Waals surface area contributed by atoms with Crippen molar-refractivity contribution in [3.05, 3.63) is 11.4 Å². The minimum absolute atomic E-state index is 0.0751. The molecule has 0 saturated carbocycles. The van der Waals surface area contributed by atoms with Crippen molar-refractivity contribution in [2.75, 3.05) is 17.6 Å². The lowest BCUT2D eigenvalue weighted by molar-refractivity contribution is -0.119. The fraction of sp³-hybridized carbons (Fsp3) is 0.643. The summed E-state index contributed by atoms with van der Waals surface area (Å²) in [6.45, 7) is 11.9. The van der Waals surface area contributed by atoms with E-state index in [0.29, 0.717) is 17.5 Å². The van der Waals surface area contributed by atoms with Gasteiger partial charge in [0.05, 0.1) is 6.54 Å². The van der Waals surface area contributed by atoms with Gasteiger partial charge >= 0.3 is 0 Å². The third-order valence-corrected chi connectivity index (χ3v) is 2.72. The molecule has 0 unspecified atom stereocenters. The number of nitrogens with two attached hydrogens (primary N) is 1. The highest BCUT2D eigenvalue weighted by molar-refractivity contribution is 5.81. The SMILES string of the molecule is Cc1c(N)nc(C(C)(C)C)nc1NCC(=O)NC(C)C. The second-order valence-corrected chi connectivity index (χ2v) is 6.23. The number of nitrogen functional groups attached to an aromatic ring is 1. The predicted molar refractivity (Wildman–Crippen MR) is 81.6 cm³/mol. The number of hydrogen-bond donors (Lipinski definition) is 3. The lowest BCUT2D eigenvalue weighted by Gasteiger charge is -2.19. The maximum atomic E-state index is 11.7. The molecule has 0 aromatic carbocycles. The summed E-state index contributed by atoms with van der Waals surface area (Å²) in [5.41, 5.74) is 6.48. The lowest BCUT2D eigenvalue weighted by atomic mass is 9.95. The van der Waals surface area contributed by atoms with E-state index in [0.717, 1.165) is 5.56 Å². The Morgan fingerprint density at radius 2 is 1.90 bits per heavy atom. The number of hydrogen-bond acceptors (Lipinski definition) is 5. The van der Waals surface area contributed by atoms with Gasteiger partial charge in [0.2, 0.25) is 5.91 Å². The number of carbonyl (C=O) groups excluding carboxylic acids is 1. The zero-order valence-corrected chi connectivity index (χ0v) is 13.2. The number of anilines is 2. The average molecular weight is 279 g/mol. The summed E-state index contributed by atoms with van der Waals surface area (Å²) in [6, 6.07) is 0.117. The first-order chi connectivity index (χ1) is 9.11. The molecule has 0 aliphatic rings. The molecule has 0 aliphatic carbocycles. The van der Waals surface area contributed by atoms with Gasteiger partial charge in [-0.15, -0.1) is 0 Å². The Bertz CT molecular complexity index is 491. The monoisotopic (exact) mass is 279 g/mol. The van der Waals surface area contributed by atoms with Crippen molar-refractivity contribution in [1.82, 2.24) is 15.3 Å². The molecule has 1 rings (SSSR count). The van der Waals surface area contributed by atoms with E-state index in [1.165, 1.54) is 0 Å². The first-order valence-corrected chi connectivity index (χ1v) is 6.79. The third kappa shape index (κ3) is 4.36. The number of nitrogens with one attached hydrogen (secondary N) is 2. The van der Waals surface area contributed by atoms with E-state index in [1.807, 2.05) is 41.5 Å². The summed E-state index contributed by atoms with van der Waals surface area (Å²) in [5.74, 6) is 1.64. The second kappa shape index (κ2) is 6.07. The molecule has 4 N–H and O–H groups in total. The van der Waals surface area contributed by atoms with Crippen LogP contribution in [0.2, 0.25) is 0 Å². The number of amides is 1. The third-order valence-electron chi connectivity index (χ3n) is 2.72. The summed E-state index contributed by atoms with van der Waals surface area (Å²) >= 11 is 0. The van der Waals surface area contributed by atoms with Gasteiger partial charge in [-0.1, -0.05) is 20.8 Å². The smallest absolute Gasteiger partial charge is 0.239 e. The molecule has 112 valence electrons. The molecule has 1 aromatic rings. The van der Waals surface area contributed by atoms with Crippen molar-refractivity contribution in [3.8, 4) is 0 Å². The first kappa shape index (κ1) is 16.2. The van der Waals surface area contributed by atoms with Gasteiger partial charge < -0.3 is 16.4 Å². The van der Waals surface area contributed by atoms with Gasteiger partial charge in [-0.05, 0) is 20.8 Å². The van der Waals surface area contributed by atoms with Crippen LogP contribution in [0.15, 0.2) is 0 Å². The van der Waals surface area contributed by atoms with Crippen LogP contribution in [0.5, 0.6) is 0 Å². The Labute approximate surface area is 120 Å². The summed E-state index contributed by atoms with van der Waals surface area (Å²) in [4.78, 5) is 20.4. The molecule has 0 bridgehead atoms. The number of nitrogens with zero attached hydrogens (tertiary/aromatic N) is 2. The lowest BCUT2D eigenvalue weighted by Crippen LogP contribution is -2.35. The average Bonchev–Trinajstić information content (AvgIpc) is 2.28.